The van der Waals surface area contributed by atoms with Crippen LogP contribution in [0.3, 0.4) is 0 Å². The maximum Gasteiger partial charge on any atom is 0.242 e. The quantitative estimate of drug-likeness (QED) is 0.277. The first-order valence-corrected chi connectivity index (χ1v) is 9.96. The van der Waals surface area contributed by atoms with Gasteiger partial charge in [-0.25, -0.2) is 9.38 Å². The molecule has 1 unspecified atom stereocenters. The fourth-order valence-electron chi connectivity index (χ4n) is 2.61. The second-order valence-corrected chi connectivity index (χ2v) is 8.30. The number of halogens is 2. The summed E-state index contributed by atoms with van der Waals surface area (Å²) >= 11 is 0. The number of carbonyl (C=O) groups excluding carboxylic acids is 1. The van der Waals surface area contributed by atoms with E-state index in [1.807, 2.05) is 40.7 Å². The molecule has 0 saturated heterocycles. The van der Waals surface area contributed by atoms with Crippen LogP contribution in [0.4, 0.5) is 4.39 Å². The molecule has 3 N–H and O–H groups in total. The van der Waals surface area contributed by atoms with Crippen molar-refractivity contribution in [3.63, 3.8) is 0 Å². The number of guanidine groups is 1. The largest absolute Gasteiger partial charge is 0.490 e. The molecule has 1 amide bonds. The highest BCUT2D eigenvalue weighted by Crippen LogP contribution is 2.30. The van der Waals surface area contributed by atoms with Gasteiger partial charge in [-0.05, 0) is 71.1 Å². The van der Waals surface area contributed by atoms with Crippen LogP contribution in [0.2, 0.25) is 0 Å². The van der Waals surface area contributed by atoms with Crippen molar-refractivity contribution in [2.45, 2.75) is 59.0 Å². The molecule has 0 radical (unpaired) electrons. The van der Waals surface area contributed by atoms with E-state index in [0.717, 1.165) is 5.56 Å². The number of rotatable bonds is 8. The third-order valence-corrected chi connectivity index (χ3v) is 4.22. The summed E-state index contributed by atoms with van der Waals surface area (Å²) in [5, 5.41) is 9.19. The van der Waals surface area contributed by atoms with Gasteiger partial charge in [-0.2, -0.15) is 0 Å². The Morgan fingerprint density at radius 2 is 2.03 bits per heavy atom. The summed E-state index contributed by atoms with van der Waals surface area (Å²) in [6, 6.07) is 4.82. The summed E-state index contributed by atoms with van der Waals surface area (Å²) in [6.07, 6.45) is 2.34. The number of benzene rings is 1. The molecule has 0 aromatic heterocycles. The highest BCUT2D eigenvalue weighted by Gasteiger charge is 2.22. The minimum absolute atomic E-state index is 0. The molecule has 1 aliphatic carbocycles. The molecule has 1 fully saturated rings. The van der Waals surface area contributed by atoms with E-state index in [1.54, 1.807) is 6.07 Å². The van der Waals surface area contributed by atoms with Gasteiger partial charge in [-0.1, -0.05) is 6.07 Å². The van der Waals surface area contributed by atoms with Gasteiger partial charge in [0.1, 0.15) is 6.54 Å². The van der Waals surface area contributed by atoms with E-state index in [2.05, 4.69) is 20.9 Å². The van der Waals surface area contributed by atoms with Crippen molar-refractivity contribution in [1.29, 1.82) is 0 Å². The number of amides is 1. The number of aliphatic imine (C=N–C) groups is 1. The van der Waals surface area contributed by atoms with Crippen LogP contribution < -0.4 is 20.7 Å². The number of nitrogens with zero attached hydrogens (tertiary/aromatic N) is 1. The number of ether oxygens (including phenoxy) is 1. The van der Waals surface area contributed by atoms with E-state index in [1.165, 1.54) is 18.9 Å². The first-order valence-electron chi connectivity index (χ1n) is 9.96. The van der Waals surface area contributed by atoms with Gasteiger partial charge in [-0.15, -0.1) is 24.0 Å². The molecule has 29 heavy (non-hydrogen) atoms. The monoisotopic (exact) mass is 520 g/mol. The lowest BCUT2D eigenvalue weighted by Gasteiger charge is -2.21. The molecule has 2 rings (SSSR count). The highest BCUT2D eigenvalue weighted by atomic mass is 127. The zero-order valence-corrected chi connectivity index (χ0v) is 20.3. The van der Waals surface area contributed by atoms with Gasteiger partial charge >= 0.3 is 0 Å². The molecule has 1 saturated carbocycles. The molecule has 1 aliphatic rings. The van der Waals surface area contributed by atoms with E-state index in [4.69, 9.17) is 4.74 Å². The predicted octanol–water partition coefficient (Wildman–Crippen LogP) is 3.76. The van der Waals surface area contributed by atoms with E-state index in [9.17, 15) is 9.18 Å². The minimum Gasteiger partial charge on any atom is -0.490 e. The van der Waals surface area contributed by atoms with Gasteiger partial charge in [0.25, 0.3) is 0 Å². The molecule has 6 nitrogen and oxygen atoms in total. The highest BCUT2D eigenvalue weighted by molar-refractivity contribution is 14.0. The first-order chi connectivity index (χ1) is 13.2. The second kappa shape index (κ2) is 11.6. The molecular formula is C21H34FIN4O2. The molecule has 1 aromatic carbocycles. The third-order valence-electron chi connectivity index (χ3n) is 4.22. The summed E-state index contributed by atoms with van der Waals surface area (Å²) in [7, 11) is 0. The van der Waals surface area contributed by atoms with Crippen molar-refractivity contribution >= 4 is 35.8 Å². The Kier molecular flexibility index (Phi) is 10.2. The molecule has 0 heterocycles. The lowest BCUT2D eigenvalue weighted by Crippen LogP contribution is -2.43. The molecule has 1 aromatic rings. The number of hydrogen-bond acceptors (Lipinski definition) is 3. The van der Waals surface area contributed by atoms with Crippen LogP contribution in [0.1, 0.15) is 59.1 Å². The topological polar surface area (TPSA) is 74.8 Å². The Labute approximate surface area is 190 Å². The van der Waals surface area contributed by atoms with Crippen LogP contribution in [0.15, 0.2) is 23.2 Å². The van der Waals surface area contributed by atoms with Crippen LogP contribution >= 0.6 is 24.0 Å². The Morgan fingerprint density at radius 1 is 1.34 bits per heavy atom. The number of carbonyl (C=O) groups is 1. The molecule has 1 atom stereocenters. The van der Waals surface area contributed by atoms with Gasteiger partial charge < -0.3 is 20.7 Å². The summed E-state index contributed by atoms with van der Waals surface area (Å²) in [4.78, 5) is 16.3. The standard InChI is InChI=1S/C21H33FN4O2.HI/c1-6-23-20(24-12-19(27)26-21(3,4)5)25-14(2)16-9-10-18(17(22)11-16)28-13-15-7-8-15;/h9-11,14-15H,6-8,12-13H2,1-5H3,(H,26,27)(H2,23,24,25);1H. The van der Waals surface area contributed by atoms with Gasteiger partial charge in [0.05, 0.1) is 12.6 Å². The Bertz CT molecular complexity index is 702. The fourth-order valence-corrected chi connectivity index (χ4v) is 2.61. The van der Waals surface area contributed by atoms with Crippen LogP contribution in [-0.4, -0.2) is 37.1 Å². The zero-order valence-electron chi connectivity index (χ0n) is 18.0. The number of nitrogens with one attached hydrogen (secondary N) is 3. The summed E-state index contributed by atoms with van der Waals surface area (Å²) in [5.41, 5.74) is 0.480. The second-order valence-electron chi connectivity index (χ2n) is 8.30. The van der Waals surface area contributed by atoms with Crippen LogP contribution in [0.5, 0.6) is 5.75 Å². The molecule has 0 bridgehead atoms. The van der Waals surface area contributed by atoms with Crippen LogP contribution in [0.25, 0.3) is 0 Å². The SMILES string of the molecule is CCNC(=NCC(=O)NC(C)(C)C)NC(C)c1ccc(OCC2CC2)c(F)c1.I. The maximum atomic E-state index is 14.3. The Morgan fingerprint density at radius 3 is 2.59 bits per heavy atom. The zero-order chi connectivity index (χ0) is 20.7. The summed E-state index contributed by atoms with van der Waals surface area (Å²) in [6.45, 7) is 10.9. The summed E-state index contributed by atoms with van der Waals surface area (Å²) in [5.74, 6) is 0.865. The molecule has 164 valence electrons. The predicted molar refractivity (Wildman–Crippen MR) is 125 cm³/mol. The smallest absolute Gasteiger partial charge is 0.242 e. The normalized spacial score (nSPS) is 15.2. The first kappa shape index (κ1) is 25.5. The number of hydrogen-bond donors (Lipinski definition) is 3. The van der Waals surface area contributed by atoms with Gasteiger partial charge in [-0.3, -0.25) is 4.79 Å². The van der Waals surface area contributed by atoms with Crippen molar-refractivity contribution in [2.75, 3.05) is 19.7 Å². The molecular weight excluding hydrogens is 486 g/mol. The Hall–Kier alpha value is -1.58. The molecule has 0 aliphatic heterocycles. The average molecular weight is 520 g/mol. The fraction of sp³-hybridized carbons (Fsp3) is 0.619. The van der Waals surface area contributed by atoms with Gasteiger partial charge in [0, 0.05) is 12.1 Å². The Balaban J connectivity index is 0.00000420. The molecule has 0 spiro atoms. The van der Waals surface area contributed by atoms with Crippen molar-refractivity contribution in [3.05, 3.63) is 29.6 Å². The average Bonchev–Trinajstić information content (AvgIpc) is 3.41. The van der Waals surface area contributed by atoms with Crippen molar-refractivity contribution in [2.24, 2.45) is 10.9 Å². The van der Waals surface area contributed by atoms with Crippen molar-refractivity contribution in [3.8, 4) is 5.75 Å². The molecule has 8 heteroatoms. The minimum atomic E-state index is -0.363. The lowest BCUT2D eigenvalue weighted by molar-refractivity contribution is -0.121. The van der Waals surface area contributed by atoms with E-state index >= 15 is 0 Å². The van der Waals surface area contributed by atoms with Crippen molar-refractivity contribution < 1.29 is 13.9 Å². The van der Waals surface area contributed by atoms with E-state index in [-0.39, 0.29) is 53.8 Å². The van der Waals surface area contributed by atoms with Gasteiger partial charge in [0.15, 0.2) is 17.5 Å². The van der Waals surface area contributed by atoms with E-state index in [0.29, 0.717) is 30.8 Å². The van der Waals surface area contributed by atoms with E-state index < -0.39 is 0 Å². The lowest BCUT2D eigenvalue weighted by atomic mass is 10.1. The van der Waals surface area contributed by atoms with Crippen LogP contribution in [-0.2, 0) is 4.79 Å². The third kappa shape index (κ3) is 9.64. The summed E-state index contributed by atoms with van der Waals surface area (Å²) < 4.78 is 19.9. The van der Waals surface area contributed by atoms with Gasteiger partial charge in [0.2, 0.25) is 5.91 Å². The van der Waals surface area contributed by atoms with Crippen molar-refractivity contribution in [1.82, 2.24) is 16.0 Å². The van der Waals surface area contributed by atoms with Crippen LogP contribution in [0, 0.1) is 11.7 Å². The maximum absolute atomic E-state index is 14.3.